The van der Waals surface area contributed by atoms with E-state index in [1.165, 1.54) is 23.3 Å². The quantitative estimate of drug-likeness (QED) is 0.886. The fourth-order valence-corrected chi connectivity index (χ4v) is 2.35. The molecule has 0 fully saturated rings. The molecule has 0 saturated carbocycles. The zero-order chi connectivity index (χ0) is 14.9. The second kappa shape index (κ2) is 5.54. The van der Waals surface area contributed by atoms with Gasteiger partial charge in [-0.15, -0.1) is 11.3 Å². The standard InChI is InChI=1S/C13H13F2N3OS/c1-7-17-8(6-20-7)5-18(2)13(19)11-9(14)3-4-10(16)12(11)15/h3-4,6H,5,16H2,1-2H3. The number of nitrogen functional groups attached to an aromatic ring is 1. The van der Waals surface area contributed by atoms with Crippen molar-refractivity contribution in [2.45, 2.75) is 13.5 Å². The number of hydrogen-bond acceptors (Lipinski definition) is 4. The Morgan fingerprint density at radius 1 is 1.45 bits per heavy atom. The average Bonchev–Trinajstić information content (AvgIpc) is 2.79. The molecule has 2 rings (SSSR count). The molecule has 0 aliphatic rings. The van der Waals surface area contributed by atoms with Crippen LogP contribution < -0.4 is 5.73 Å². The minimum atomic E-state index is -1.03. The summed E-state index contributed by atoms with van der Waals surface area (Å²) in [5.74, 6) is -2.72. The molecule has 106 valence electrons. The van der Waals surface area contributed by atoms with Gasteiger partial charge in [0.1, 0.15) is 11.4 Å². The zero-order valence-corrected chi connectivity index (χ0v) is 11.8. The summed E-state index contributed by atoms with van der Waals surface area (Å²) in [6.07, 6.45) is 0. The van der Waals surface area contributed by atoms with Gasteiger partial charge < -0.3 is 10.6 Å². The summed E-state index contributed by atoms with van der Waals surface area (Å²) >= 11 is 1.45. The Labute approximate surface area is 118 Å². The number of carbonyl (C=O) groups is 1. The van der Waals surface area contributed by atoms with Crippen molar-refractivity contribution in [2.75, 3.05) is 12.8 Å². The fourth-order valence-electron chi connectivity index (χ4n) is 1.75. The maximum absolute atomic E-state index is 13.8. The SMILES string of the molecule is Cc1nc(CN(C)C(=O)c2c(F)ccc(N)c2F)cs1. The van der Waals surface area contributed by atoms with Crippen LogP contribution in [0, 0.1) is 18.6 Å². The molecule has 0 saturated heterocycles. The van der Waals surface area contributed by atoms with Gasteiger partial charge in [-0.3, -0.25) is 4.79 Å². The number of nitrogens with zero attached hydrogens (tertiary/aromatic N) is 2. The van der Waals surface area contributed by atoms with Crippen molar-refractivity contribution in [3.63, 3.8) is 0 Å². The summed E-state index contributed by atoms with van der Waals surface area (Å²) in [5.41, 5.74) is 5.14. The van der Waals surface area contributed by atoms with Gasteiger partial charge in [-0.1, -0.05) is 0 Å². The minimum Gasteiger partial charge on any atom is -0.396 e. The van der Waals surface area contributed by atoms with Crippen molar-refractivity contribution >= 4 is 22.9 Å². The van der Waals surface area contributed by atoms with E-state index in [-0.39, 0.29) is 12.2 Å². The van der Waals surface area contributed by atoms with Crippen LogP contribution in [-0.2, 0) is 6.54 Å². The van der Waals surface area contributed by atoms with Gasteiger partial charge in [-0.05, 0) is 19.1 Å². The molecule has 1 heterocycles. The molecule has 2 N–H and O–H groups in total. The Morgan fingerprint density at radius 3 is 2.75 bits per heavy atom. The van der Waals surface area contributed by atoms with E-state index in [0.717, 1.165) is 17.1 Å². The van der Waals surface area contributed by atoms with E-state index >= 15 is 0 Å². The highest BCUT2D eigenvalue weighted by molar-refractivity contribution is 7.09. The normalized spacial score (nSPS) is 10.6. The van der Waals surface area contributed by atoms with E-state index in [4.69, 9.17) is 5.73 Å². The van der Waals surface area contributed by atoms with Crippen LogP contribution in [0.4, 0.5) is 14.5 Å². The summed E-state index contributed by atoms with van der Waals surface area (Å²) in [6.45, 7) is 2.02. The summed E-state index contributed by atoms with van der Waals surface area (Å²) in [5, 5.41) is 2.66. The average molecular weight is 297 g/mol. The molecule has 0 aliphatic carbocycles. The van der Waals surface area contributed by atoms with Crippen molar-refractivity contribution in [3.05, 3.63) is 45.4 Å². The summed E-state index contributed by atoms with van der Waals surface area (Å²) < 4.78 is 27.4. The van der Waals surface area contributed by atoms with Crippen LogP contribution in [0.1, 0.15) is 21.1 Å². The van der Waals surface area contributed by atoms with Gasteiger partial charge in [0.15, 0.2) is 5.82 Å². The first-order chi connectivity index (χ1) is 9.40. The van der Waals surface area contributed by atoms with Crippen molar-refractivity contribution in [1.29, 1.82) is 0 Å². The molecule has 1 amide bonds. The number of carbonyl (C=O) groups excluding carboxylic acids is 1. The van der Waals surface area contributed by atoms with Crippen LogP contribution in [0.5, 0.6) is 0 Å². The number of aryl methyl sites for hydroxylation is 1. The van der Waals surface area contributed by atoms with E-state index in [9.17, 15) is 13.6 Å². The van der Waals surface area contributed by atoms with Crippen molar-refractivity contribution in [1.82, 2.24) is 9.88 Å². The highest BCUT2D eigenvalue weighted by atomic mass is 32.1. The van der Waals surface area contributed by atoms with Crippen LogP contribution >= 0.6 is 11.3 Å². The Morgan fingerprint density at radius 2 is 2.15 bits per heavy atom. The second-order valence-electron chi connectivity index (χ2n) is 4.34. The molecule has 0 aliphatic heterocycles. The summed E-state index contributed by atoms with van der Waals surface area (Å²) in [4.78, 5) is 17.5. The molecule has 0 spiro atoms. The number of amides is 1. The Bertz CT molecular complexity index is 657. The first-order valence-electron chi connectivity index (χ1n) is 5.80. The number of halogens is 2. The molecule has 1 aromatic carbocycles. The van der Waals surface area contributed by atoms with E-state index in [1.807, 2.05) is 6.92 Å². The third kappa shape index (κ3) is 2.77. The molecule has 0 atom stereocenters. The van der Waals surface area contributed by atoms with Crippen LogP contribution in [0.15, 0.2) is 17.5 Å². The van der Waals surface area contributed by atoms with Crippen LogP contribution in [-0.4, -0.2) is 22.8 Å². The lowest BCUT2D eigenvalue weighted by atomic mass is 10.1. The number of rotatable bonds is 3. The number of benzene rings is 1. The van der Waals surface area contributed by atoms with Gasteiger partial charge in [-0.25, -0.2) is 13.8 Å². The predicted molar refractivity (Wildman–Crippen MR) is 73.4 cm³/mol. The lowest BCUT2D eigenvalue weighted by molar-refractivity contribution is 0.0774. The summed E-state index contributed by atoms with van der Waals surface area (Å²) in [6, 6.07) is 2.07. The Hall–Kier alpha value is -2.02. The van der Waals surface area contributed by atoms with Crippen LogP contribution in [0.25, 0.3) is 0 Å². The van der Waals surface area contributed by atoms with Crippen molar-refractivity contribution in [2.24, 2.45) is 0 Å². The Kier molecular flexibility index (Phi) is 3.99. The van der Waals surface area contributed by atoms with Gasteiger partial charge in [-0.2, -0.15) is 0 Å². The second-order valence-corrected chi connectivity index (χ2v) is 5.41. The molecule has 2 aromatic rings. The van der Waals surface area contributed by atoms with Crippen LogP contribution in [0.2, 0.25) is 0 Å². The van der Waals surface area contributed by atoms with E-state index < -0.39 is 23.1 Å². The molecular weight excluding hydrogens is 284 g/mol. The van der Waals surface area contributed by atoms with Crippen molar-refractivity contribution < 1.29 is 13.6 Å². The Balaban J connectivity index is 2.25. The lowest BCUT2D eigenvalue weighted by Crippen LogP contribution is -2.28. The molecule has 0 radical (unpaired) electrons. The van der Waals surface area contributed by atoms with Crippen molar-refractivity contribution in [3.8, 4) is 0 Å². The van der Waals surface area contributed by atoms with E-state index in [0.29, 0.717) is 5.69 Å². The molecular formula is C13H13F2N3OS. The number of thiazole rings is 1. The topological polar surface area (TPSA) is 59.2 Å². The molecule has 0 unspecified atom stereocenters. The van der Waals surface area contributed by atoms with Crippen LogP contribution in [0.3, 0.4) is 0 Å². The third-order valence-electron chi connectivity index (χ3n) is 2.75. The predicted octanol–water partition coefficient (Wildman–Crippen LogP) is 2.58. The fraction of sp³-hybridized carbons (Fsp3) is 0.231. The van der Waals surface area contributed by atoms with E-state index in [2.05, 4.69) is 4.98 Å². The molecule has 7 heteroatoms. The largest absolute Gasteiger partial charge is 0.396 e. The molecule has 1 aromatic heterocycles. The molecule has 4 nitrogen and oxygen atoms in total. The zero-order valence-electron chi connectivity index (χ0n) is 11.0. The van der Waals surface area contributed by atoms with E-state index in [1.54, 1.807) is 5.38 Å². The maximum Gasteiger partial charge on any atom is 0.260 e. The first kappa shape index (κ1) is 14.4. The summed E-state index contributed by atoms with van der Waals surface area (Å²) in [7, 11) is 1.46. The number of aromatic nitrogens is 1. The van der Waals surface area contributed by atoms with Gasteiger partial charge in [0.25, 0.3) is 5.91 Å². The number of nitrogens with two attached hydrogens (primary N) is 1. The highest BCUT2D eigenvalue weighted by Crippen LogP contribution is 2.21. The smallest absolute Gasteiger partial charge is 0.260 e. The first-order valence-corrected chi connectivity index (χ1v) is 6.68. The number of hydrogen-bond donors (Lipinski definition) is 1. The third-order valence-corrected chi connectivity index (χ3v) is 3.57. The molecule has 0 bridgehead atoms. The lowest BCUT2D eigenvalue weighted by Gasteiger charge is -2.17. The number of anilines is 1. The van der Waals surface area contributed by atoms with Gasteiger partial charge in [0, 0.05) is 12.4 Å². The monoisotopic (exact) mass is 297 g/mol. The van der Waals surface area contributed by atoms with Gasteiger partial charge in [0.05, 0.1) is 22.9 Å². The highest BCUT2D eigenvalue weighted by Gasteiger charge is 2.23. The molecule has 20 heavy (non-hydrogen) atoms. The van der Waals surface area contributed by atoms with Gasteiger partial charge in [0.2, 0.25) is 0 Å². The minimum absolute atomic E-state index is 0.177. The maximum atomic E-state index is 13.8. The van der Waals surface area contributed by atoms with Gasteiger partial charge >= 0.3 is 0 Å².